The molecule has 0 saturated heterocycles. The lowest BCUT2D eigenvalue weighted by Crippen LogP contribution is -1.97. The van der Waals surface area contributed by atoms with Gasteiger partial charge in [-0.05, 0) is 62.3 Å². The van der Waals surface area contributed by atoms with E-state index in [1.54, 1.807) is 19.2 Å². The van der Waals surface area contributed by atoms with Crippen LogP contribution >= 0.6 is 50.1 Å². The average molecular weight is 375 g/mol. The molecule has 0 radical (unpaired) electrons. The van der Waals surface area contributed by atoms with E-state index in [0.29, 0.717) is 11.3 Å². The van der Waals surface area contributed by atoms with Gasteiger partial charge in [-0.3, -0.25) is 4.79 Å². The molecule has 1 aromatic rings. The maximum absolute atomic E-state index is 10.9. The molecule has 0 aliphatic heterocycles. The van der Waals surface area contributed by atoms with E-state index in [0.717, 1.165) is 8.04 Å². The summed E-state index contributed by atoms with van der Waals surface area (Å²) >= 11 is 10.7. The molecule has 0 bridgehead atoms. The van der Waals surface area contributed by atoms with Crippen molar-refractivity contribution in [3.05, 3.63) is 25.7 Å². The molecule has 0 amide bonds. The van der Waals surface area contributed by atoms with Crippen LogP contribution in [-0.2, 0) is 0 Å². The molecule has 70 valence electrons. The van der Waals surface area contributed by atoms with Gasteiger partial charge in [0, 0.05) is 0 Å². The Hall–Kier alpha value is 0.190. The quantitative estimate of drug-likeness (QED) is 0.585. The highest BCUT2D eigenvalue weighted by molar-refractivity contribution is 14.1. The third-order valence-electron chi connectivity index (χ3n) is 1.46. The molecule has 0 atom stereocenters. The number of rotatable bonds is 2. The van der Waals surface area contributed by atoms with Gasteiger partial charge in [0.1, 0.15) is 5.75 Å². The second-order valence-corrected chi connectivity index (χ2v) is 4.49. The van der Waals surface area contributed by atoms with Crippen molar-refractivity contribution in [1.29, 1.82) is 0 Å². The molecule has 0 aliphatic carbocycles. The predicted molar refractivity (Wildman–Crippen MR) is 63.6 cm³/mol. The Morgan fingerprint density at radius 2 is 2.23 bits per heavy atom. The van der Waals surface area contributed by atoms with Gasteiger partial charge in [0.05, 0.1) is 20.7 Å². The smallest absolute Gasteiger partial charge is 0.253 e. The van der Waals surface area contributed by atoms with Gasteiger partial charge in [-0.2, -0.15) is 0 Å². The second kappa shape index (κ2) is 4.61. The number of carbonyl (C=O) groups is 1. The standard InChI is InChI=1S/C8H5BrClIO2/c1-13-7-5(9)3-2-4(6(7)11)8(10)12/h2-3H,1H3. The van der Waals surface area contributed by atoms with Crippen molar-refractivity contribution in [1.82, 2.24) is 0 Å². The van der Waals surface area contributed by atoms with Crippen LogP contribution in [0.1, 0.15) is 10.4 Å². The lowest BCUT2D eigenvalue weighted by Gasteiger charge is -2.07. The third kappa shape index (κ3) is 2.35. The van der Waals surface area contributed by atoms with Gasteiger partial charge in [0.2, 0.25) is 0 Å². The summed E-state index contributed by atoms with van der Waals surface area (Å²) in [5.74, 6) is 0.632. The van der Waals surface area contributed by atoms with Crippen molar-refractivity contribution in [3.63, 3.8) is 0 Å². The highest BCUT2D eigenvalue weighted by Crippen LogP contribution is 2.33. The molecular weight excluding hydrogens is 370 g/mol. The van der Waals surface area contributed by atoms with E-state index in [1.807, 2.05) is 22.6 Å². The molecular formula is C8H5BrClIO2. The second-order valence-electron chi connectivity index (χ2n) is 2.22. The van der Waals surface area contributed by atoms with Crippen LogP contribution in [0.25, 0.3) is 0 Å². The molecule has 0 aliphatic rings. The first-order valence-electron chi connectivity index (χ1n) is 3.29. The molecule has 1 aromatic carbocycles. The Morgan fingerprint density at radius 3 is 2.69 bits per heavy atom. The normalized spacial score (nSPS) is 9.85. The van der Waals surface area contributed by atoms with Gasteiger partial charge in [-0.15, -0.1) is 0 Å². The van der Waals surface area contributed by atoms with E-state index in [-0.39, 0.29) is 0 Å². The van der Waals surface area contributed by atoms with Crippen LogP contribution in [-0.4, -0.2) is 12.4 Å². The molecule has 0 fully saturated rings. The van der Waals surface area contributed by atoms with Crippen LogP contribution in [0.4, 0.5) is 0 Å². The summed E-state index contributed by atoms with van der Waals surface area (Å²) in [6.07, 6.45) is 0. The fourth-order valence-electron chi connectivity index (χ4n) is 0.871. The zero-order chi connectivity index (χ0) is 10.0. The molecule has 0 N–H and O–H groups in total. The fraction of sp³-hybridized carbons (Fsp3) is 0.125. The Balaban J connectivity index is 3.35. The maximum atomic E-state index is 10.9. The summed E-state index contributed by atoms with van der Waals surface area (Å²) in [5.41, 5.74) is 0.460. The molecule has 0 aromatic heterocycles. The number of carbonyl (C=O) groups excluding carboxylic acids is 1. The Bertz CT molecular complexity index is 354. The summed E-state index contributed by atoms with van der Waals surface area (Å²) in [6.45, 7) is 0. The van der Waals surface area contributed by atoms with Gasteiger partial charge in [-0.25, -0.2) is 0 Å². The van der Waals surface area contributed by atoms with Gasteiger partial charge in [-0.1, -0.05) is 0 Å². The van der Waals surface area contributed by atoms with Crippen molar-refractivity contribution >= 4 is 55.4 Å². The van der Waals surface area contributed by atoms with E-state index in [1.165, 1.54) is 0 Å². The summed E-state index contributed by atoms with van der Waals surface area (Å²) in [4.78, 5) is 10.9. The number of benzene rings is 1. The minimum absolute atomic E-state index is 0.460. The van der Waals surface area contributed by atoms with Crippen LogP contribution in [0, 0.1) is 3.57 Å². The van der Waals surface area contributed by atoms with E-state index in [2.05, 4.69) is 15.9 Å². The van der Waals surface area contributed by atoms with Crippen LogP contribution < -0.4 is 4.74 Å². The number of methoxy groups -OCH3 is 1. The maximum Gasteiger partial charge on any atom is 0.253 e. The van der Waals surface area contributed by atoms with Crippen LogP contribution in [0.15, 0.2) is 16.6 Å². The predicted octanol–water partition coefficient (Wildman–Crippen LogP) is 3.44. The molecule has 1 rings (SSSR count). The van der Waals surface area contributed by atoms with Gasteiger partial charge in [0.25, 0.3) is 5.24 Å². The summed E-state index contributed by atoms with van der Waals surface area (Å²) in [5, 5.41) is -0.477. The molecule has 13 heavy (non-hydrogen) atoms. The Labute approximate surface area is 103 Å². The highest BCUT2D eigenvalue weighted by atomic mass is 127. The zero-order valence-electron chi connectivity index (χ0n) is 6.61. The van der Waals surface area contributed by atoms with E-state index in [4.69, 9.17) is 16.3 Å². The largest absolute Gasteiger partial charge is 0.494 e. The van der Waals surface area contributed by atoms with Crippen LogP contribution in [0.2, 0.25) is 0 Å². The molecule has 2 nitrogen and oxygen atoms in total. The lowest BCUT2D eigenvalue weighted by atomic mass is 10.2. The SMILES string of the molecule is COc1c(Br)ccc(C(=O)Cl)c1I. The third-order valence-corrected chi connectivity index (χ3v) is 3.36. The number of ether oxygens (including phenoxy) is 1. The first kappa shape index (κ1) is 11.3. The topological polar surface area (TPSA) is 26.3 Å². The molecule has 0 unspecified atom stereocenters. The van der Waals surface area contributed by atoms with Crippen molar-refractivity contribution in [3.8, 4) is 5.75 Å². The van der Waals surface area contributed by atoms with Gasteiger partial charge >= 0.3 is 0 Å². The first-order valence-corrected chi connectivity index (χ1v) is 5.54. The molecule has 0 spiro atoms. The monoisotopic (exact) mass is 374 g/mol. The van der Waals surface area contributed by atoms with E-state index >= 15 is 0 Å². The van der Waals surface area contributed by atoms with Crippen molar-refractivity contribution in [2.45, 2.75) is 0 Å². The molecule has 0 heterocycles. The minimum atomic E-state index is -0.477. The fourth-order valence-corrected chi connectivity index (χ4v) is 2.99. The number of halogens is 3. The summed E-state index contributed by atoms with van der Waals surface area (Å²) < 4.78 is 6.62. The van der Waals surface area contributed by atoms with E-state index in [9.17, 15) is 4.79 Å². The summed E-state index contributed by atoms with van der Waals surface area (Å²) in [7, 11) is 1.55. The number of hydrogen-bond acceptors (Lipinski definition) is 2. The van der Waals surface area contributed by atoms with E-state index < -0.39 is 5.24 Å². The molecule has 5 heteroatoms. The van der Waals surface area contributed by atoms with Gasteiger partial charge in [0.15, 0.2) is 0 Å². The van der Waals surface area contributed by atoms with Crippen LogP contribution in [0.5, 0.6) is 5.75 Å². The average Bonchev–Trinajstić information content (AvgIpc) is 2.04. The first-order chi connectivity index (χ1) is 6.07. The van der Waals surface area contributed by atoms with Crippen LogP contribution in [0.3, 0.4) is 0 Å². The van der Waals surface area contributed by atoms with Crippen molar-refractivity contribution in [2.24, 2.45) is 0 Å². The lowest BCUT2D eigenvalue weighted by molar-refractivity contribution is 0.108. The Kier molecular flexibility index (Phi) is 4.00. The zero-order valence-corrected chi connectivity index (χ0v) is 11.1. The number of hydrogen-bond donors (Lipinski definition) is 0. The van der Waals surface area contributed by atoms with Gasteiger partial charge < -0.3 is 4.74 Å². The molecule has 0 saturated carbocycles. The van der Waals surface area contributed by atoms with Crippen molar-refractivity contribution in [2.75, 3.05) is 7.11 Å². The minimum Gasteiger partial charge on any atom is -0.494 e. The van der Waals surface area contributed by atoms with Crippen molar-refractivity contribution < 1.29 is 9.53 Å². The highest BCUT2D eigenvalue weighted by Gasteiger charge is 2.13. The summed E-state index contributed by atoms with van der Waals surface area (Å²) in [6, 6.07) is 3.39. The Morgan fingerprint density at radius 1 is 1.62 bits per heavy atom.